The third kappa shape index (κ3) is 8.27. The van der Waals surface area contributed by atoms with Gasteiger partial charge in [0.15, 0.2) is 6.20 Å². The summed E-state index contributed by atoms with van der Waals surface area (Å²) in [5.41, 5.74) is 0. The SMILES string of the molecule is CC(O)C(=O)[O-].CCCCO[n+]1ccn(C)c1. The Morgan fingerprint density at radius 1 is 1.65 bits per heavy atom. The quantitative estimate of drug-likeness (QED) is 0.513. The Morgan fingerprint density at radius 3 is 2.59 bits per heavy atom. The number of carbonyl (C=O) groups excluding carboxylic acids is 1. The molecule has 1 unspecified atom stereocenters. The lowest BCUT2D eigenvalue weighted by Gasteiger charge is -2.00. The first-order chi connectivity index (χ1) is 7.97. The van der Waals surface area contributed by atoms with Crippen LogP contribution in [0.25, 0.3) is 0 Å². The predicted octanol–water partition coefficient (Wildman–Crippen LogP) is -1.34. The molecule has 0 aliphatic rings. The smallest absolute Gasteiger partial charge is 0.284 e. The molecule has 0 fully saturated rings. The van der Waals surface area contributed by atoms with E-state index in [1.54, 1.807) is 4.73 Å². The number of carboxylic acids is 1. The van der Waals surface area contributed by atoms with Crippen molar-refractivity contribution < 1.29 is 24.6 Å². The fourth-order valence-corrected chi connectivity index (χ4v) is 0.818. The first-order valence-electron chi connectivity index (χ1n) is 5.52. The van der Waals surface area contributed by atoms with Gasteiger partial charge in [-0.05, 0) is 13.3 Å². The molecule has 1 aromatic rings. The van der Waals surface area contributed by atoms with Gasteiger partial charge in [-0.2, -0.15) is 0 Å². The van der Waals surface area contributed by atoms with Crippen molar-refractivity contribution in [1.29, 1.82) is 0 Å². The van der Waals surface area contributed by atoms with Crippen LogP contribution >= 0.6 is 0 Å². The lowest BCUT2D eigenvalue weighted by atomic mass is 10.4. The number of carboxylic acid groups (broad SMARTS) is 1. The molecule has 0 aliphatic carbocycles. The van der Waals surface area contributed by atoms with Crippen LogP contribution in [0.2, 0.25) is 0 Å². The van der Waals surface area contributed by atoms with E-state index in [1.165, 1.54) is 6.42 Å². The Kier molecular flexibility index (Phi) is 7.79. The van der Waals surface area contributed by atoms with E-state index in [1.807, 2.05) is 30.3 Å². The van der Waals surface area contributed by atoms with Crippen molar-refractivity contribution in [1.82, 2.24) is 4.57 Å². The Hall–Kier alpha value is -1.56. The molecule has 1 atom stereocenters. The molecule has 0 aromatic carbocycles. The summed E-state index contributed by atoms with van der Waals surface area (Å²) in [6.45, 7) is 4.08. The molecule has 0 spiro atoms. The predicted molar refractivity (Wildman–Crippen MR) is 58.7 cm³/mol. The Labute approximate surface area is 101 Å². The fraction of sp³-hybridized carbons (Fsp3) is 0.636. The highest BCUT2D eigenvalue weighted by Gasteiger charge is 1.98. The number of rotatable bonds is 5. The third-order valence-electron chi connectivity index (χ3n) is 1.82. The summed E-state index contributed by atoms with van der Waals surface area (Å²) in [5.74, 6) is -1.44. The van der Waals surface area contributed by atoms with Gasteiger partial charge in [0.2, 0.25) is 0 Å². The lowest BCUT2D eigenvalue weighted by Crippen LogP contribution is -2.40. The van der Waals surface area contributed by atoms with Crippen LogP contribution in [0.5, 0.6) is 0 Å². The van der Waals surface area contributed by atoms with E-state index >= 15 is 0 Å². The monoisotopic (exact) mass is 244 g/mol. The molecule has 0 bridgehead atoms. The third-order valence-corrected chi connectivity index (χ3v) is 1.82. The van der Waals surface area contributed by atoms with E-state index in [-0.39, 0.29) is 0 Å². The number of carbonyl (C=O) groups is 1. The molecule has 0 saturated carbocycles. The molecule has 0 radical (unpaired) electrons. The van der Waals surface area contributed by atoms with Crippen molar-refractivity contribution in [3.8, 4) is 0 Å². The van der Waals surface area contributed by atoms with Crippen molar-refractivity contribution in [3.05, 3.63) is 18.7 Å². The highest BCUT2D eigenvalue weighted by atomic mass is 16.7. The number of unbranched alkanes of at least 4 members (excludes halogenated alkanes) is 1. The largest absolute Gasteiger partial charge is 0.547 e. The van der Waals surface area contributed by atoms with Crippen LogP contribution in [0.4, 0.5) is 0 Å². The second-order valence-corrected chi connectivity index (χ2v) is 3.62. The van der Waals surface area contributed by atoms with Gasteiger partial charge in [0.1, 0.15) is 12.8 Å². The van der Waals surface area contributed by atoms with E-state index < -0.39 is 12.1 Å². The van der Waals surface area contributed by atoms with Gasteiger partial charge in [-0.15, -0.1) is 0 Å². The van der Waals surface area contributed by atoms with Crippen molar-refractivity contribution in [2.75, 3.05) is 6.61 Å². The number of hydrogen-bond acceptors (Lipinski definition) is 4. The van der Waals surface area contributed by atoms with Gasteiger partial charge >= 0.3 is 0 Å². The van der Waals surface area contributed by atoms with Crippen LogP contribution in [-0.4, -0.2) is 28.4 Å². The van der Waals surface area contributed by atoms with Gasteiger partial charge in [0, 0.05) is 0 Å². The number of aliphatic hydroxyl groups is 1. The molecule has 98 valence electrons. The molecule has 0 amide bonds. The number of nitrogens with zero attached hydrogens (tertiary/aromatic N) is 2. The maximum Gasteiger partial charge on any atom is 0.284 e. The maximum absolute atomic E-state index is 9.34. The van der Waals surface area contributed by atoms with Gasteiger partial charge < -0.3 is 19.8 Å². The summed E-state index contributed by atoms with van der Waals surface area (Å²) < 4.78 is 3.68. The van der Waals surface area contributed by atoms with Crippen molar-refractivity contribution >= 4 is 5.97 Å². The summed E-state index contributed by atoms with van der Waals surface area (Å²) in [5, 5.41) is 17.3. The van der Waals surface area contributed by atoms with E-state index in [2.05, 4.69) is 6.92 Å². The van der Waals surface area contributed by atoms with Crippen LogP contribution < -0.4 is 14.7 Å². The summed E-state index contributed by atoms with van der Waals surface area (Å²) in [6.07, 6.45) is 6.69. The summed E-state index contributed by atoms with van der Waals surface area (Å²) in [7, 11) is 1.97. The van der Waals surface area contributed by atoms with Crippen LogP contribution in [0.1, 0.15) is 26.7 Å². The van der Waals surface area contributed by atoms with Crippen LogP contribution in [0.15, 0.2) is 18.7 Å². The van der Waals surface area contributed by atoms with Gasteiger partial charge in [-0.1, -0.05) is 18.1 Å². The molecule has 6 heteroatoms. The minimum absolute atomic E-state index is 0.797. The van der Waals surface area contributed by atoms with E-state index in [0.29, 0.717) is 0 Å². The number of aliphatic carboxylic acids is 1. The lowest BCUT2D eigenvalue weighted by molar-refractivity contribution is -0.891. The first kappa shape index (κ1) is 15.4. The van der Waals surface area contributed by atoms with Crippen molar-refractivity contribution in [3.63, 3.8) is 0 Å². The Bertz CT molecular complexity index is 323. The fourth-order valence-electron chi connectivity index (χ4n) is 0.818. The van der Waals surface area contributed by atoms with Crippen molar-refractivity contribution in [2.24, 2.45) is 7.05 Å². The number of hydrogen-bond donors (Lipinski definition) is 1. The van der Waals surface area contributed by atoms with Crippen molar-refractivity contribution in [2.45, 2.75) is 32.8 Å². The molecule has 17 heavy (non-hydrogen) atoms. The molecule has 1 heterocycles. The Morgan fingerprint density at radius 2 is 2.24 bits per heavy atom. The molecule has 1 aromatic heterocycles. The molecular weight excluding hydrogens is 224 g/mol. The average molecular weight is 244 g/mol. The maximum atomic E-state index is 9.34. The van der Waals surface area contributed by atoms with Gasteiger partial charge in [0.25, 0.3) is 6.33 Å². The zero-order valence-electron chi connectivity index (χ0n) is 10.5. The minimum atomic E-state index is -1.44. The summed E-state index contributed by atoms with van der Waals surface area (Å²) in [4.78, 5) is 14.7. The molecule has 1 N–H and O–H groups in total. The number of aryl methyl sites for hydroxylation is 1. The standard InChI is InChI=1S/C8H15N2O.C3H6O3/c1-3-4-7-11-10-6-5-9(2)8-10;1-2(4)3(5)6/h5-6,8H,3-4,7H2,1-2H3;2,4H,1H3,(H,5,6)/q+1;/p-1. The Balaban J connectivity index is 0.000000366. The topological polar surface area (TPSA) is 78.4 Å². The molecular formula is C11H20N2O4. The van der Waals surface area contributed by atoms with E-state index in [4.69, 9.17) is 9.94 Å². The van der Waals surface area contributed by atoms with Gasteiger partial charge in [-0.25, -0.2) is 4.57 Å². The van der Waals surface area contributed by atoms with E-state index in [0.717, 1.165) is 20.0 Å². The highest BCUT2D eigenvalue weighted by molar-refractivity contribution is 5.68. The summed E-state index contributed by atoms with van der Waals surface area (Å²) >= 11 is 0. The van der Waals surface area contributed by atoms with E-state index in [9.17, 15) is 9.90 Å². The highest BCUT2D eigenvalue weighted by Crippen LogP contribution is 1.82. The second kappa shape index (κ2) is 8.58. The minimum Gasteiger partial charge on any atom is -0.547 e. The summed E-state index contributed by atoms with van der Waals surface area (Å²) in [6, 6.07) is 0. The van der Waals surface area contributed by atoms with Gasteiger partial charge in [-0.3, -0.25) is 0 Å². The van der Waals surface area contributed by atoms with Crippen LogP contribution in [0.3, 0.4) is 0 Å². The number of aliphatic hydroxyl groups excluding tert-OH is 1. The number of imidazole rings is 1. The molecule has 1 rings (SSSR count). The normalized spacial score (nSPS) is 11.3. The van der Waals surface area contributed by atoms with Crippen LogP contribution in [-0.2, 0) is 11.8 Å². The molecule has 0 saturated heterocycles. The molecule has 6 nitrogen and oxygen atoms in total. The first-order valence-corrected chi connectivity index (χ1v) is 5.52. The zero-order valence-corrected chi connectivity index (χ0v) is 10.5. The molecule has 0 aliphatic heterocycles. The zero-order chi connectivity index (χ0) is 13.3. The number of aromatic nitrogens is 2. The van der Waals surface area contributed by atoms with Crippen LogP contribution in [0, 0.1) is 0 Å². The second-order valence-electron chi connectivity index (χ2n) is 3.62. The average Bonchev–Trinajstić information content (AvgIpc) is 2.65. The van der Waals surface area contributed by atoms with Gasteiger partial charge in [0.05, 0.1) is 19.1 Å².